The lowest BCUT2D eigenvalue weighted by Gasteiger charge is -2.22. The molecule has 1 aliphatic rings. The van der Waals surface area contributed by atoms with Gasteiger partial charge in [-0.3, -0.25) is 10.1 Å². The highest BCUT2D eigenvalue weighted by molar-refractivity contribution is 5.72. The molecule has 26 heavy (non-hydrogen) atoms. The first-order valence-electron chi connectivity index (χ1n) is 8.69. The van der Waals surface area contributed by atoms with Crippen LogP contribution in [0.5, 0.6) is 5.75 Å². The quantitative estimate of drug-likeness (QED) is 0.449. The molecular formula is C18H26N2O6. The summed E-state index contributed by atoms with van der Waals surface area (Å²) in [5, 5.41) is 14.5. The third kappa shape index (κ3) is 6.51. The van der Waals surface area contributed by atoms with Crippen LogP contribution in [0.25, 0.3) is 0 Å². The molecule has 2 rings (SSSR count). The number of rotatable bonds is 7. The molecule has 0 bridgehead atoms. The van der Waals surface area contributed by atoms with Crippen molar-refractivity contribution in [3.63, 3.8) is 0 Å². The number of carbonyl (C=O) groups is 1. The summed E-state index contributed by atoms with van der Waals surface area (Å²) in [6.45, 7) is 7.08. The van der Waals surface area contributed by atoms with E-state index < -0.39 is 16.5 Å². The van der Waals surface area contributed by atoms with Crippen molar-refractivity contribution in [1.82, 2.24) is 0 Å². The van der Waals surface area contributed by atoms with Crippen molar-refractivity contribution in [2.24, 2.45) is 5.92 Å². The van der Waals surface area contributed by atoms with E-state index in [1.54, 1.807) is 32.9 Å². The van der Waals surface area contributed by atoms with Crippen molar-refractivity contribution >= 4 is 17.3 Å². The van der Waals surface area contributed by atoms with Crippen LogP contribution in [0.2, 0.25) is 0 Å². The van der Waals surface area contributed by atoms with Crippen molar-refractivity contribution in [2.75, 3.05) is 31.7 Å². The first-order chi connectivity index (χ1) is 12.2. The molecule has 1 N–H and O–H groups in total. The molecule has 1 heterocycles. The fourth-order valence-electron chi connectivity index (χ4n) is 2.62. The molecule has 1 saturated heterocycles. The summed E-state index contributed by atoms with van der Waals surface area (Å²) in [7, 11) is 0. The van der Waals surface area contributed by atoms with Gasteiger partial charge in [0.2, 0.25) is 0 Å². The number of esters is 1. The molecule has 0 atom stereocenters. The fraction of sp³-hybridized carbons (Fsp3) is 0.611. The Morgan fingerprint density at radius 1 is 1.35 bits per heavy atom. The molecule has 1 aromatic carbocycles. The molecule has 0 saturated carbocycles. The molecule has 0 radical (unpaired) electrons. The Balaban J connectivity index is 1.96. The minimum absolute atomic E-state index is 0.0845. The van der Waals surface area contributed by atoms with Crippen LogP contribution in [0, 0.1) is 16.0 Å². The number of ether oxygens (including phenoxy) is 3. The van der Waals surface area contributed by atoms with Gasteiger partial charge in [-0.15, -0.1) is 0 Å². The number of nitro groups is 1. The summed E-state index contributed by atoms with van der Waals surface area (Å²) in [5.41, 5.74) is -0.255. The van der Waals surface area contributed by atoms with Crippen LogP contribution in [0.1, 0.15) is 33.6 Å². The molecule has 0 aromatic heterocycles. The summed E-state index contributed by atoms with van der Waals surface area (Å²) in [6.07, 6.45) is 1.88. The number of benzene rings is 1. The molecule has 1 fully saturated rings. The predicted molar refractivity (Wildman–Crippen MR) is 96.5 cm³/mol. The lowest BCUT2D eigenvalue weighted by atomic mass is 10.0. The number of hydrogen-bond donors (Lipinski definition) is 1. The number of nitrogens with one attached hydrogen (secondary N) is 1. The Labute approximate surface area is 153 Å². The maximum atomic E-state index is 11.7. The smallest absolute Gasteiger partial charge is 0.344 e. The minimum Gasteiger partial charge on any atom is -0.482 e. The number of carbonyl (C=O) groups excluding carboxylic acids is 1. The second kappa shape index (κ2) is 8.84. The second-order valence-electron chi connectivity index (χ2n) is 7.25. The third-order valence-corrected chi connectivity index (χ3v) is 3.86. The fourth-order valence-corrected chi connectivity index (χ4v) is 2.62. The van der Waals surface area contributed by atoms with Gasteiger partial charge in [0.1, 0.15) is 17.0 Å². The average molecular weight is 366 g/mol. The van der Waals surface area contributed by atoms with E-state index in [0.29, 0.717) is 18.2 Å². The Kier molecular flexibility index (Phi) is 6.79. The number of nitro benzene ring substituents is 1. The van der Waals surface area contributed by atoms with Gasteiger partial charge in [-0.25, -0.2) is 4.79 Å². The topological polar surface area (TPSA) is 99.9 Å². The Hall–Kier alpha value is -2.35. The van der Waals surface area contributed by atoms with Crippen LogP contribution in [0.4, 0.5) is 11.4 Å². The van der Waals surface area contributed by atoms with Gasteiger partial charge in [0, 0.05) is 19.8 Å². The van der Waals surface area contributed by atoms with Crippen LogP contribution in [0.15, 0.2) is 18.2 Å². The highest BCUT2D eigenvalue weighted by Crippen LogP contribution is 2.30. The zero-order valence-electron chi connectivity index (χ0n) is 15.4. The lowest BCUT2D eigenvalue weighted by Crippen LogP contribution is -2.27. The Bertz CT molecular complexity index is 635. The van der Waals surface area contributed by atoms with Crippen LogP contribution in [-0.2, 0) is 14.3 Å². The molecule has 0 aliphatic carbocycles. The van der Waals surface area contributed by atoms with Crippen molar-refractivity contribution in [3.8, 4) is 5.75 Å². The summed E-state index contributed by atoms with van der Waals surface area (Å²) in [4.78, 5) is 22.6. The number of nitrogens with zero attached hydrogens (tertiary/aromatic N) is 1. The maximum Gasteiger partial charge on any atom is 0.344 e. The summed E-state index contributed by atoms with van der Waals surface area (Å²) < 4.78 is 15.8. The molecule has 1 aliphatic heterocycles. The minimum atomic E-state index is -0.607. The molecule has 8 heteroatoms. The second-order valence-corrected chi connectivity index (χ2v) is 7.25. The van der Waals surface area contributed by atoms with Crippen LogP contribution in [-0.4, -0.2) is 42.9 Å². The molecule has 144 valence electrons. The number of anilines is 1. The van der Waals surface area contributed by atoms with E-state index in [1.165, 1.54) is 6.07 Å². The summed E-state index contributed by atoms with van der Waals surface area (Å²) in [5.74, 6) is 0.160. The normalized spacial score (nSPS) is 15.3. The average Bonchev–Trinajstić information content (AvgIpc) is 2.58. The van der Waals surface area contributed by atoms with Crippen molar-refractivity contribution in [2.45, 2.75) is 39.2 Å². The SMILES string of the molecule is CC(C)(C)OC(=O)COc1ccc(NCC2CCOCC2)c([N+](=O)[O-])c1. The number of hydrogen-bond acceptors (Lipinski definition) is 7. The lowest BCUT2D eigenvalue weighted by molar-refractivity contribution is -0.384. The van der Waals surface area contributed by atoms with E-state index in [1.807, 2.05) is 0 Å². The molecule has 8 nitrogen and oxygen atoms in total. The molecule has 0 unspecified atom stereocenters. The Morgan fingerprint density at radius 3 is 2.65 bits per heavy atom. The van der Waals surface area contributed by atoms with Gasteiger partial charge in [0.25, 0.3) is 5.69 Å². The third-order valence-electron chi connectivity index (χ3n) is 3.86. The predicted octanol–water partition coefficient (Wildman–Crippen LogP) is 3.15. The van der Waals surface area contributed by atoms with E-state index in [2.05, 4.69) is 5.32 Å². The molecule has 0 amide bonds. The van der Waals surface area contributed by atoms with Crippen LogP contribution >= 0.6 is 0 Å². The monoisotopic (exact) mass is 366 g/mol. The van der Waals surface area contributed by atoms with Crippen molar-refractivity contribution in [1.29, 1.82) is 0 Å². The van der Waals surface area contributed by atoms with Gasteiger partial charge in [-0.05, 0) is 51.7 Å². The first-order valence-corrected chi connectivity index (χ1v) is 8.69. The van der Waals surface area contributed by atoms with E-state index in [4.69, 9.17) is 14.2 Å². The Morgan fingerprint density at radius 2 is 2.04 bits per heavy atom. The zero-order chi connectivity index (χ0) is 19.2. The van der Waals surface area contributed by atoms with Gasteiger partial charge in [0.15, 0.2) is 6.61 Å². The highest BCUT2D eigenvalue weighted by Gasteiger charge is 2.20. The largest absolute Gasteiger partial charge is 0.482 e. The zero-order valence-corrected chi connectivity index (χ0v) is 15.4. The van der Waals surface area contributed by atoms with Crippen LogP contribution in [0.3, 0.4) is 0 Å². The van der Waals surface area contributed by atoms with Gasteiger partial charge in [-0.2, -0.15) is 0 Å². The van der Waals surface area contributed by atoms with Gasteiger partial charge < -0.3 is 19.5 Å². The highest BCUT2D eigenvalue weighted by atomic mass is 16.6. The van der Waals surface area contributed by atoms with E-state index in [0.717, 1.165) is 26.1 Å². The standard InChI is InChI=1S/C18H26N2O6/c1-18(2,3)26-17(21)12-25-14-4-5-15(16(10-14)20(22)23)19-11-13-6-8-24-9-7-13/h4-5,10,13,19H,6-9,11-12H2,1-3H3. The van der Waals surface area contributed by atoms with Crippen molar-refractivity contribution < 1.29 is 23.9 Å². The summed E-state index contributed by atoms with van der Waals surface area (Å²) >= 11 is 0. The van der Waals surface area contributed by atoms with E-state index in [-0.39, 0.29) is 18.0 Å². The van der Waals surface area contributed by atoms with Gasteiger partial charge in [0.05, 0.1) is 11.0 Å². The molecule has 0 spiro atoms. The molecular weight excluding hydrogens is 340 g/mol. The van der Waals surface area contributed by atoms with Crippen molar-refractivity contribution in [3.05, 3.63) is 28.3 Å². The van der Waals surface area contributed by atoms with E-state index in [9.17, 15) is 14.9 Å². The van der Waals surface area contributed by atoms with Gasteiger partial charge in [-0.1, -0.05) is 0 Å². The van der Waals surface area contributed by atoms with E-state index >= 15 is 0 Å². The molecule has 1 aromatic rings. The maximum absolute atomic E-state index is 11.7. The first kappa shape index (κ1) is 20.0. The van der Waals surface area contributed by atoms with Gasteiger partial charge >= 0.3 is 5.97 Å². The summed E-state index contributed by atoms with van der Waals surface area (Å²) in [6, 6.07) is 4.52. The van der Waals surface area contributed by atoms with Crippen LogP contribution < -0.4 is 10.1 Å².